The zero-order valence-electron chi connectivity index (χ0n) is 7.66. The van der Waals surface area contributed by atoms with Gasteiger partial charge in [-0.15, -0.1) is 0 Å². The third kappa shape index (κ3) is 1.71. The summed E-state index contributed by atoms with van der Waals surface area (Å²) in [6.45, 7) is 0. The molecule has 1 heterocycles. The van der Waals surface area contributed by atoms with Crippen LogP contribution in [0.2, 0.25) is 0 Å². The molecule has 0 bridgehead atoms. The Morgan fingerprint density at radius 2 is 2.38 bits per heavy atom. The molecule has 0 unspecified atom stereocenters. The van der Waals surface area contributed by atoms with Crippen LogP contribution < -0.4 is 10.1 Å². The lowest BCUT2D eigenvalue weighted by atomic mass is 9.96. The normalized spacial score (nSPS) is 16.4. The van der Waals surface area contributed by atoms with E-state index in [9.17, 15) is 0 Å². The number of anilines is 1. The Hall–Kier alpha value is -1.32. The first-order valence-corrected chi connectivity index (χ1v) is 4.54. The molecule has 0 saturated heterocycles. The molecule has 4 nitrogen and oxygen atoms in total. The standard InChI is InChI=1S/C9H13N3O/c1-10-8-5-11-6-12-9(8)13-7-3-2-4-7/h5-7,10H,2-4H2,1H3. The number of hydrogen-bond donors (Lipinski definition) is 1. The number of nitrogens with one attached hydrogen (secondary N) is 1. The van der Waals surface area contributed by atoms with Gasteiger partial charge in [-0.3, -0.25) is 0 Å². The molecule has 0 radical (unpaired) electrons. The molecule has 1 aliphatic carbocycles. The highest BCUT2D eigenvalue weighted by Crippen LogP contribution is 2.27. The summed E-state index contributed by atoms with van der Waals surface area (Å²) in [5, 5.41) is 3.00. The fourth-order valence-electron chi connectivity index (χ4n) is 1.23. The molecule has 0 aliphatic heterocycles. The maximum atomic E-state index is 5.66. The van der Waals surface area contributed by atoms with Crippen molar-refractivity contribution in [1.82, 2.24) is 9.97 Å². The van der Waals surface area contributed by atoms with E-state index in [0.29, 0.717) is 12.0 Å². The van der Waals surface area contributed by atoms with Crippen molar-refractivity contribution in [3.63, 3.8) is 0 Å². The van der Waals surface area contributed by atoms with E-state index in [1.54, 1.807) is 6.20 Å². The molecule has 1 fully saturated rings. The summed E-state index contributed by atoms with van der Waals surface area (Å²) in [6, 6.07) is 0. The molecule has 1 aromatic rings. The second-order valence-electron chi connectivity index (χ2n) is 3.16. The summed E-state index contributed by atoms with van der Waals surface area (Å²) in [7, 11) is 1.84. The molecule has 1 aliphatic rings. The third-order valence-electron chi connectivity index (χ3n) is 2.28. The molecule has 1 N–H and O–H groups in total. The van der Waals surface area contributed by atoms with Crippen LogP contribution in [0.4, 0.5) is 5.69 Å². The fourth-order valence-corrected chi connectivity index (χ4v) is 1.23. The number of aromatic nitrogens is 2. The molecular weight excluding hydrogens is 166 g/mol. The van der Waals surface area contributed by atoms with E-state index in [1.807, 2.05) is 7.05 Å². The Morgan fingerprint density at radius 3 is 3.00 bits per heavy atom. The van der Waals surface area contributed by atoms with Crippen molar-refractivity contribution >= 4 is 5.69 Å². The van der Waals surface area contributed by atoms with Crippen molar-refractivity contribution in [2.24, 2.45) is 0 Å². The van der Waals surface area contributed by atoms with Gasteiger partial charge in [0.2, 0.25) is 5.88 Å². The number of nitrogens with zero attached hydrogens (tertiary/aromatic N) is 2. The highest BCUT2D eigenvalue weighted by Gasteiger charge is 2.20. The summed E-state index contributed by atoms with van der Waals surface area (Å²) < 4.78 is 5.66. The van der Waals surface area contributed by atoms with Crippen LogP contribution in [0.25, 0.3) is 0 Å². The zero-order chi connectivity index (χ0) is 9.10. The molecule has 1 saturated carbocycles. The monoisotopic (exact) mass is 179 g/mol. The van der Waals surface area contributed by atoms with Gasteiger partial charge in [0.15, 0.2) is 0 Å². The topological polar surface area (TPSA) is 47.0 Å². The van der Waals surface area contributed by atoms with E-state index >= 15 is 0 Å². The fraction of sp³-hybridized carbons (Fsp3) is 0.556. The van der Waals surface area contributed by atoms with Crippen molar-refractivity contribution in [1.29, 1.82) is 0 Å². The lowest BCUT2D eigenvalue weighted by Gasteiger charge is -2.26. The van der Waals surface area contributed by atoms with E-state index in [1.165, 1.54) is 12.7 Å². The SMILES string of the molecule is CNc1cncnc1OC1CCC1. The van der Waals surface area contributed by atoms with Gasteiger partial charge in [0, 0.05) is 7.05 Å². The van der Waals surface area contributed by atoms with Gasteiger partial charge in [-0.25, -0.2) is 4.98 Å². The smallest absolute Gasteiger partial charge is 0.240 e. The highest BCUT2D eigenvalue weighted by molar-refractivity contribution is 5.49. The lowest BCUT2D eigenvalue weighted by Crippen LogP contribution is -2.25. The predicted octanol–water partition coefficient (Wildman–Crippen LogP) is 1.45. The second kappa shape index (κ2) is 3.60. The van der Waals surface area contributed by atoms with Crippen LogP contribution in [0.1, 0.15) is 19.3 Å². The van der Waals surface area contributed by atoms with Gasteiger partial charge in [-0.05, 0) is 19.3 Å². The van der Waals surface area contributed by atoms with Crippen LogP contribution in [0.15, 0.2) is 12.5 Å². The summed E-state index contributed by atoms with van der Waals surface area (Å²) in [4.78, 5) is 7.99. The van der Waals surface area contributed by atoms with Crippen LogP contribution >= 0.6 is 0 Å². The molecule has 0 atom stereocenters. The maximum Gasteiger partial charge on any atom is 0.240 e. The molecule has 0 spiro atoms. The van der Waals surface area contributed by atoms with Gasteiger partial charge >= 0.3 is 0 Å². The Labute approximate surface area is 77.4 Å². The average molecular weight is 179 g/mol. The van der Waals surface area contributed by atoms with Crippen molar-refractivity contribution in [3.8, 4) is 5.88 Å². The maximum absolute atomic E-state index is 5.66. The minimum absolute atomic E-state index is 0.363. The Kier molecular flexibility index (Phi) is 2.29. The predicted molar refractivity (Wildman–Crippen MR) is 49.8 cm³/mol. The molecule has 0 amide bonds. The van der Waals surface area contributed by atoms with E-state index in [4.69, 9.17) is 4.74 Å². The molecule has 1 aromatic heterocycles. The first-order chi connectivity index (χ1) is 6.40. The number of rotatable bonds is 3. The summed E-state index contributed by atoms with van der Waals surface area (Å²) >= 11 is 0. The van der Waals surface area contributed by atoms with Gasteiger partial charge in [-0.2, -0.15) is 4.98 Å². The molecule has 4 heteroatoms. The molecule has 13 heavy (non-hydrogen) atoms. The van der Waals surface area contributed by atoms with Gasteiger partial charge in [0.05, 0.1) is 6.20 Å². The van der Waals surface area contributed by atoms with Crippen molar-refractivity contribution in [2.75, 3.05) is 12.4 Å². The number of hydrogen-bond acceptors (Lipinski definition) is 4. The molecule has 70 valence electrons. The third-order valence-corrected chi connectivity index (χ3v) is 2.28. The zero-order valence-corrected chi connectivity index (χ0v) is 7.66. The largest absolute Gasteiger partial charge is 0.473 e. The van der Waals surface area contributed by atoms with Crippen LogP contribution in [0.3, 0.4) is 0 Å². The van der Waals surface area contributed by atoms with Gasteiger partial charge in [-0.1, -0.05) is 0 Å². The van der Waals surface area contributed by atoms with Crippen LogP contribution in [0.5, 0.6) is 5.88 Å². The van der Waals surface area contributed by atoms with E-state index in [-0.39, 0.29) is 0 Å². The Bertz CT molecular complexity index is 286. The molecule has 2 rings (SSSR count). The van der Waals surface area contributed by atoms with Crippen molar-refractivity contribution in [2.45, 2.75) is 25.4 Å². The van der Waals surface area contributed by atoms with E-state index < -0.39 is 0 Å². The van der Waals surface area contributed by atoms with Crippen molar-refractivity contribution < 1.29 is 4.74 Å². The highest BCUT2D eigenvalue weighted by atomic mass is 16.5. The second-order valence-corrected chi connectivity index (χ2v) is 3.16. The van der Waals surface area contributed by atoms with Gasteiger partial charge < -0.3 is 10.1 Å². The summed E-state index contributed by atoms with van der Waals surface area (Å²) in [5.41, 5.74) is 0.856. The van der Waals surface area contributed by atoms with E-state index in [0.717, 1.165) is 18.5 Å². The minimum Gasteiger partial charge on any atom is -0.473 e. The summed E-state index contributed by atoms with van der Waals surface area (Å²) in [5.74, 6) is 0.669. The first kappa shape index (κ1) is 8.29. The quantitative estimate of drug-likeness (QED) is 0.762. The van der Waals surface area contributed by atoms with Crippen LogP contribution in [0, 0.1) is 0 Å². The lowest BCUT2D eigenvalue weighted by molar-refractivity contribution is 0.115. The Morgan fingerprint density at radius 1 is 1.54 bits per heavy atom. The van der Waals surface area contributed by atoms with E-state index in [2.05, 4.69) is 15.3 Å². The summed E-state index contributed by atoms with van der Waals surface area (Å²) in [6.07, 6.45) is 7.16. The number of ether oxygens (including phenoxy) is 1. The minimum atomic E-state index is 0.363. The average Bonchev–Trinajstić information content (AvgIpc) is 2.12. The van der Waals surface area contributed by atoms with Crippen LogP contribution in [-0.2, 0) is 0 Å². The van der Waals surface area contributed by atoms with Gasteiger partial charge in [0.25, 0.3) is 0 Å². The van der Waals surface area contributed by atoms with Gasteiger partial charge in [0.1, 0.15) is 18.1 Å². The molecule has 0 aromatic carbocycles. The Balaban J connectivity index is 2.08. The van der Waals surface area contributed by atoms with Crippen molar-refractivity contribution in [3.05, 3.63) is 12.5 Å². The first-order valence-electron chi connectivity index (χ1n) is 4.54. The molecular formula is C9H13N3O. The van der Waals surface area contributed by atoms with Crippen LogP contribution in [-0.4, -0.2) is 23.1 Å².